The summed E-state index contributed by atoms with van der Waals surface area (Å²) >= 11 is 1.66. The molecule has 0 N–H and O–H groups in total. The highest BCUT2D eigenvalue weighted by Crippen LogP contribution is 2.29. The summed E-state index contributed by atoms with van der Waals surface area (Å²) in [6.07, 6.45) is 5.14. The lowest BCUT2D eigenvalue weighted by Crippen LogP contribution is -1.99. The Morgan fingerprint density at radius 3 is 2.29 bits per heavy atom. The number of carbonyl (C=O) groups is 2. The molecule has 3 heteroatoms. The van der Waals surface area contributed by atoms with Gasteiger partial charge in [-0.3, -0.25) is 9.59 Å². The van der Waals surface area contributed by atoms with Gasteiger partial charge in [-0.1, -0.05) is 37.6 Å². The van der Waals surface area contributed by atoms with Crippen LogP contribution in [0.15, 0.2) is 42.0 Å². The third-order valence-corrected chi connectivity index (χ3v) is 4.74. The maximum atomic E-state index is 12.3. The first-order chi connectivity index (χ1) is 10.2. The fourth-order valence-electron chi connectivity index (χ4n) is 2.50. The third-order valence-electron chi connectivity index (χ3n) is 3.65. The number of unbranched alkanes of at least 4 members (excludes halogenated alkanes) is 1. The summed E-state index contributed by atoms with van der Waals surface area (Å²) in [5.41, 5.74) is 1.34. The van der Waals surface area contributed by atoms with Crippen molar-refractivity contribution in [2.24, 2.45) is 0 Å². The fraction of sp³-hybridized carbons (Fsp3) is 0.222. The average molecular weight is 296 g/mol. The molecule has 2 nitrogen and oxygen atoms in total. The molecule has 0 spiro atoms. The van der Waals surface area contributed by atoms with Crippen molar-refractivity contribution >= 4 is 29.0 Å². The number of benzene rings is 1. The molecule has 106 valence electrons. The highest BCUT2D eigenvalue weighted by atomic mass is 32.1. The summed E-state index contributed by atoms with van der Waals surface area (Å²) in [5, 5.41) is 0. The van der Waals surface area contributed by atoms with Crippen LogP contribution in [0, 0.1) is 0 Å². The van der Waals surface area contributed by atoms with E-state index in [0.717, 1.165) is 11.3 Å². The molecule has 0 saturated heterocycles. The van der Waals surface area contributed by atoms with Gasteiger partial charge < -0.3 is 0 Å². The average Bonchev–Trinajstić information content (AvgIpc) is 3.05. The van der Waals surface area contributed by atoms with Crippen molar-refractivity contribution in [3.05, 3.63) is 62.9 Å². The van der Waals surface area contributed by atoms with Gasteiger partial charge >= 0.3 is 0 Å². The summed E-state index contributed by atoms with van der Waals surface area (Å²) in [5.74, 6) is -0.307. The molecule has 1 aliphatic rings. The summed E-state index contributed by atoms with van der Waals surface area (Å²) < 4.78 is 0. The molecule has 1 aliphatic carbocycles. The third kappa shape index (κ3) is 2.61. The molecular formula is C18H16O2S. The van der Waals surface area contributed by atoms with Gasteiger partial charge in [0.25, 0.3) is 0 Å². The Bertz CT molecular complexity index is 700. The SMILES string of the molecule is CCCCc1ccc(C=C2C(=O)c3ccccc3C2=O)s1. The van der Waals surface area contributed by atoms with Crippen LogP contribution in [0.2, 0.25) is 0 Å². The number of fused-ring (bicyclic) bond motifs is 1. The molecule has 1 aromatic carbocycles. The number of carbonyl (C=O) groups excluding carboxylic acids is 2. The first kappa shape index (κ1) is 14.0. The summed E-state index contributed by atoms with van der Waals surface area (Å²) in [7, 11) is 0. The Morgan fingerprint density at radius 1 is 1.00 bits per heavy atom. The normalized spacial score (nSPS) is 13.7. The number of allylic oxidation sites excluding steroid dienone is 1. The van der Waals surface area contributed by atoms with Crippen molar-refractivity contribution in [2.45, 2.75) is 26.2 Å². The molecule has 0 radical (unpaired) electrons. The van der Waals surface area contributed by atoms with E-state index in [4.69, 9.17) is 0 Å². The summed E-state index contributed by atoms with van der Waals surface area (Å²) in [6, 6.07) is 11.1. The van der Waals surface area contributed by atoms with E-state index in [1.807, 2.05) is 6.07 Å². The number of hydrogen-bond acceptors (Lipinski definition) is 3. The van der Waals surface area contributed by atoms with Crippen molar-refractivity contribution < 1.29 is 9.59 Å². The van der Waals surface area contributed by atoms with Crippen LogP contribution in [0.5, 0.6) is 0 Å². The molecule has 3 rings (SSSR count). The van der Waals surface area contributed by atoms with Crippen LogP contribution in [-0.4, -0.2) is 11.6 Å². The molecule has 0 atom stereocenters. The molecule has 0 aliphatic heterocycles. The number of thiophene rings is 1. The molecular weight excluding hydrogens is 280 g/mol. The molecule has 0 fully saturated rings. The van der Waals surface area contributed by atoms with Crippen LogP contribution in [0.3, 0.4) is 0 Å². The summed E-state index contributed by atoms with van der Waals surface area (Å²) in [4.78, 5) is 26.9. The van der Waals surface area contributed by atoms with E-state index in [-0.39, 0.29) is 11.6 Å². The molecule has 21 heavy (non-hydrogen) atoms. The van der Waals surface area contributed by atoms with Crippen molar-refractivity contribution in [2.75, 3.05) is 0 Å². The predicted octanol–water partition coefficient (Wildman–Crippen LogP) is 4.55. The lowest BCUT2D eigenvalue weighted by Gasteiger charge is -1.93. The van der Waals surface area contributed by atoms with Gasteiger partial charge in [0, 0.05) is 20.9 Å². The van der Waals surface area contributed by atoms with Gasteiger partial charge in [0.2, 0.25) is 0 Å². The monoisotopic (exact) mass is 296 g/mol. The van der Waals surface area contributed by atoms with Gasteiger partial charge in [0.05, 0.1) is 5.57 Å². The number of Topliss-reactive ketones (excluding diaryl/α,β-unsaturated/α-hetero) is 2. The molecule has 0 bridgehead atoms. The second kappa shape index (κ2) is 5.78. The van der Waals surface area contributed by atoms with Gasteiger partial charge in [-0.15, -0.1) is 11.3 Å². The van der Waals surface area contributed by atoms with Crippen LogP contribution in [-0.2, 0) is 6.42 Å². The lowest BCUT2D eigenvalue weighted by molar-refractivity contribution is 0.0990. The van der Waals surface area contributed by atoms with Gasteiger partial charge in [-0.05, 0) is 31.1 Å². The first-order valence-corrected chi connectivity index (χ1v) is 8.01. The van der Waals surface area contributed by atoms with E-state index < -0.39 is 0 Å². The topological polar surface area (TPSA) is 34.1 Å². The van der Waals surface area contributed by atoms with E-state index in [2.05, 4.69) is 13.0 Å². The molecule has 0 amide bonds. The molecule has 0 saturated carbocycles. The minimum atomic E-state index is -0.154. The van der Waals surface area contributed by atoms with Crippen LogP contribution in [0.4, 0.5) is 0 Å². The Labute approximate surface area is 128 Å². The van der Waals surface area contributed by atoms with Crippen LogP contribution in [0.25, 0.3) is 6.08 Å². The second-order valence-corrected chi connectivity index (χ2v) is 6.37. The molecule has 1 aromatic heterocycles. The van der Waals surface area contributed by atoms with E-state index >= 15 is 0 Å². The predicted molar refractivity (Wildman–Crippen MR) is 86.0 cm³/mol. The van der Waals surface area contributed by atoms with E-state index in [1.165, 1.54) is 17.7 Å². The smallest absolute Gasteiger partial charge is 0.197 e. The Kier molecular flexibility index (Phi) is 3.84. The second-order valence-electron chi connectivity index (χ2n) is 5.17. The standard InChI is InChI=1S/C18H16O2S/c1-2-3-6-12-9-10-13(21-12)11-16-17(19)14-7-4-5-8-15(14)18(16)20/h4-5,7-11H,2-3,6H2,1H3. The van der Waals surface area contributed by atoms with Gasteiger partial charge in [0.1, 0.15) is 0 Å². The van der Waals surface area contributed by atoms with Crippen LogP contribution in [0.1, 0.15) is 50.2 Å². The molecule has 1 heterocycles. The number of ketones is 2. The maximum absolute atomic E-state index is 12.3. The number of aryl methyl sites for hydroxylation is 1. The lowest BCUT2D eigenvalue weighted by atomic mass is 10.1. The fourth-order valence-corrected chi connectivity index (χ4v) is 3.50. The zero-order chi connectivity index (χ0) is 14.8. The summed E-state index contributed by atoms with van der Waals surface area (Å²) in [6.45, 7) is 2.17. The van der Waals surface area contributed by atoms with Gasteiger partial charge in [-0.2, -0.15) is 0 Å². The van der Waals surface area contributed by atoms with Crippen LogP contribution >= 0.6 is 11.3 Å². The van der Waals surface area contributed by atoms with Crippen molar-refractivity contribution in [3.63, 3.8) is 0 Å². The van der Waals surface area contributed by atoms with Crippen molar-refractivity contribution in [1.82, 2.24) is 0 Å². The van der Waals surface area contributed by atoms with Crippen molar-refractivity contribution in [1.29, 1.82) is 0 Å². The molecule has 0 unspecified atom stereocenters. The number of rotatable bonds is 4. The first-order valence-electron chi connectivity index (χ1n) is 7.19. The largest absolute Gasteiger partial charge is 0.288 e. The number of hydrogen-bond donors (Lipinski definition) is 0. The Balaban J connectivity index is 1.89. The van der Waals surface area contributed by atoms with Crippen LogP contribution < -0.4 is 0 Å². The zero-order valence-electron chi connectivity index (χ0n) is 11.9. The van der Waals surface area contributed by atoms with Gasteiger partial charge in [-0.25, -0.2) is 0 Å². The van der Waals surface area contributed by atoms with Crippen molar-refractivity contribution in [3.8, 4) is 0 Å². The van der Waals surface area contributed by atoms with E-state index in [1.54, 1.807) is 41.7 Å². The van der Waals surface area contributed by atoms with Gasteiger partial charge in [0.15, 0.2) is 11.6 Å². The van der Waals surface area contributed by atoms with E-state index in [9.17, 15) is 9.59 Å². The Hall–Kier alpha value is -2.00. The highest BCUT2D eigenvalue weighted by Gasteiger charge is 2.32. The minimum Gasteiger partial charge on any atom is -0.288 e. The minimum absolute atomic E-state index is 0.154. The maximum Gasteiger partial charge on any atom is 0.197 e. The molecule has 2 aromatic rings. The Morgan fingerprint density at radius 2 is 1.67 bits per heavy atom. The zero-order valence-corrected chi connectivity index (χ0v) is 12.7. The highest BCUT2D eigenvalue weighted by molar-refractivity contribution is 7.12. The quantitative estimate of drug-likeness (QED) is 0.612. The van der Waals surface area contributed by atoms with E-state index in [0.29, 0.717) is 16.7 Å².